The van der Waals surface area contributed by atoms with E-state index < -0.39 is 5.54 Å². The maximum Gasteiger partial charge on any atom is 0.192 e. The lowest BCUT2D eigenvalue weighted by Gasteiger charge is -2.37. The van der Waals surface area contributed by atoms with Crippen molar-refractivity contribution in [1.82, 2.24) is 4.90 Å². The molecular weight excluding hydrogens is 297 g/mol. The molecule has 1 aliphatic heterocycles. The van der Waals surface area contributed by atoms with Crippen LogP contribution in [0.25, 0.3) is 0 Å². The fourth-order valence-electron chi connectivity index (χ4n) is 2.69. The molecule has 3 nitrogen and oxygen atoms in total. The Balaban J connectivity index is 2.06. The van der Waals surface area contributed by atoms with Crippen LogP contribution in [0.2, 0.25) is 0 Å². The molecule has 1 atom stereocenters. The van der Waals surface area contributed by atoms with Gasteiger partial charge < -0.3 is 10.6 Å². The third kappa shape index (κ3) is 1.72. The number of guanidine groups is 1. The standard InChI is InChI=1S/C13H15BrFN3/c1-13(10-6-8(14)2-5-11(10)15)7-17-12(16)18(13)9-3-4-9/h2,5-6,9H,3-4,7H2,1H3,(H2,16,17). The molecule has 0 bridgehead atoms. The van der Waals surface area contributed by atoms with E-state index in [9.17, 15) is 4.39 Å². The second-order valence-electron chi connectivity index (χ2n) is 5.17. The van der Waals surface area contributed by atoms with Crippen molar-refractivity contribution in [2.24, 2.45) is 10.7 Å². The van der Waals surface area contributed by atoms with Crippen LogP contribution in [0.5, 0.6) is 0 Å². The number of nitrogens with zero attached hydrogens (tertiary/aromatic N) is 2. The van der Waals surface area contributed by atoms with E-state index >= 15 is 0 Å². The van der Waals surface area contributed by atoms with Crippen molar-refractivity contribution in [2.45, 2.75) is 31.3 Å². The highest BCUT2D eigenvalue weighted by Gasteiger charge is 2.47. The second-order valence-corrected chi connectivity index (χ2v) is 6.09. The third-order valence-electron chi connectivity index (χ3n) is 3.75. The van der Waals surface area contributed by atoms with Gasteiger partial charge in [-0.15, -0.1) is 0 Å². The van der Waals surface area contributed by atoms with Crippen molar-refractivity contribution in [2.75, 3.05) is 6.54 Å². The Morgan fingerprint density at radius 1 is 1.50 bits per heavy atom. The summed E-state index contributed by atoms with van der Waals surface area (Å²) in [6.45, 7) is 2.53. The van der Waals surface area contributed by atoms with Gasteiger partial charge in [0.2, 0.25) is 0 Å². The minimum absolute atomic E-state index is 0.198. The number of aliphatic imine (C=N–C) groups is 1. The number of benzene rings is 1. The van der Waals surface area contributed by atoms with E-state index in [1.165, 1.54) is 6.07 Å². The molecule has 1 aromatic rings. The summed E-state index contributed by atoms with van der Waals surface area (Å²) in [4.78, 5) is 6.40. The number of hydrogen-bond acceptors (Lipinski definition) is 3. The number of hydrogen-bond donors (Lipinski definition) is 1. The van der Waals surface area contributed by atoms with Gasteiger partial charge in [0, 0.05) is 16.1 Å². The van der Waals surface area contributed by atoms with Crippen LogP contribution in [0.4, 0.5) is 4.39 Å². The summed E-state index contributed by atoms with van der Waals surface area (Å²) in [5.74, 6) is 0.343. The molecule has 18 heavy (non-hydrogen) atoms. The fourth-order valence-corrected chi connectivity index (χ4v) is 3.05. The second kappa shape index (κ2) is 3.95. The van der Waals surface area contributed by atoms with Crippen LogP contribution in [-0.4, -0.2) is 23.4 Å². The van der Waals surface area contributed by atoms with E-state index in [-0.39, 0.29) is 5.82 Å². The van der Waals surface area contributed by atoms with Crippen molar-refractivity contribution < 1.29 is 4.39 Å². The first kappa shape index (κ1) is 12.0. The van der Waals surface area contributed by atoms with Crippen molar-refractivity contribution in [3.63, 3.8) is 0 Å². The van der Waals surface area contributed by atoms with E-state index in [4.69, 9.17) is 5.73 Å². The Morgan fingerprint density at radius 3 is 2.89 bits per heavy atom. The largest absolute Gasteiger partial charge is 0.370 e. The maximum atomic E-state index is 14.1. The lowest BCUT2D eigenvalue weighted by Crippen LogP contribution is -2.49. The average Bonchev–Trinajstić information content (AvgIpc) is 3.10. The van der Waals surface area contributed by atoms with Gasteiger partial charge in [-0.05, 0) is 38.0 Å². The molecule has 2 N–H and O–H groups in total. The predicted octanol–water partition coefficient (Wildman–Crippen LogP) is 2.60. The van der Waals surface area contributed by atoms with Gasteiger partial charge in [0.05, 0.1) is 12.1 Å². The molecule has 0 amide bonds. The zero-order valence-corrected chi connectivity index (χ0v) is 11.7. The number of nitrogens with two attached hydrogens (primary N) is 1. The highest BCUT2D eigenvalue weighted by atomic mass is 79.9. The summed E-state index contributed by atoms with van der Waals surface area (Å²) in [6.07, 6.45) is 2.23. The highest BCUT2D eigenvalue weighted by Crippen LogP contribution is 2.42. The Bertz CT molecular complexity index is 527. The van der Waals surface area contributed by atoms with E-state index in [1.807, 2.05) is 13.0 Å². The van der Waals surface area contributed by atoms with E-state index in [1.54, 1.807) is 6.07 Å². The summed E-state index contributed by atoms with van der Waals surface area (Å²) < 4.78 is 15.0. The lowest BCUT2D eigenvalue weighted by atomic mass is 9.90. The molecule has 0 radical (unpaired) electrons. The van der Waals surface area contributed by atoms with Crippen molar-refractivity contribution >= 4 is 21.9 Å². The summed E-state index contributed by atoms with van der Waals surface area (Å²) in [7, 11) is 0. The number of halogens is 2. The first-order valence-electron chi connectivity index (χ1n) is 6.07. The molecule has 3 rings (SSSR count). The van der Waals surface area contributed by atoms with Gasteiger partial charge in [-0.2, -0.15) is 0 Å². The molecule has 0 spiro atoms. The molecule has 1 unspecified atom stereocenters. The minimum Gasteiger partial charge on any atom is -0.370 e. The van der Waals surface area contributed by atoms with E-state index in [0.717, 1.165) is 17.3 Å². The van der Waals surface area contributed by atoms with Crippen LogP contribution in [0.3, 0.4) is 0 Å². The van der Waals surface area contributed by atoms with Crippen LogP contribution in [-0.2, 0) is 5.54 Å². The zero-order valence-electron chi connectivity index (χ0n) is 10.2. The smallest absolute Gasteiger partial charge is 0.192 e. The minimum atomic E-state index is -0.459. The molecule has 1 saturated carbocycles. The Morgan fingerprint density at radius 2 is 2.22 bits per heavy atom. The molecule has 2 aliphatic rings. The molecule has 1 heterocycles. The highest BCUT2D eigenvalue weighted by molar-refractivity contribution is 9.10. The topological polar surface area (TPSA) is 41.6 Å². The summed E-state index contributed by atoms with van der Waals surface area (Å²) in [5.41, 5.74) is 6.16. The first-order valence-corrected chi connectivity index (χ1v) is 6.86. The number of rotatable bonds is 2. The zero-order chi connectivity index (χ0) is 12.9. The fraction of sp³-hybridized carbons (Fsp3) is 0.462. The van der Waals surface area contributed by atoms with Gasteiger partial charge >= 0.3 is 0 Å². The molecule has 96 valence electrons. The normalized spacial score (nSPS) is 27.5. The van der Waals surface area contributed by atoms with Crippen LogP contribution in [0.15, 0.2) is 27.7 Å². The van der Waals surface area contributed by atoms with Gasteiger partial charge in [0.1, 0.15) is 5.82 Å². The van der Waals surface area contributed by atoms with Gasteiger partial charge in [0.15, 0.2) is 5.96 Å². The van der Waals surface area contributed by atoms with Crippen molar-refractivity contribution in [3.05, 3.63) is 34.1 Å². The molecule has 1 aromatic carbocycles. The molecular formula is C13H15BrFN3. The van der Waals surface area contributed by atoms with Crippen LogP contribution in [0, 0.1) is 5.82 Å². The molecule has 5 heteroatoms. The van der Waals surface area contributed by atoms with Gasteiger partial charge in [0.25, 0.3) is 0 Å². The molecule has 1 aliphatic carbocycles. The monoisotopic (exact) mass is 311 g/mol. The van der Waals surface area contributed by atoms with Crippen molar-refractivity contribution in [3.8, 4) is 0 Å². The van der Waals surface area contributed by atoms with Crippen LogP contribution < -0.4 is 5.73 Å². The summed E-state index contributed by atoms with van der Waals surface area (Å²) in [6, 6.07) is 5.45. The Hall–Kier alpha value is -1.10. The maximum absolute atomic E-state index is 14.1. The Labute approximate surface area is 114 Å². The third-order valence-corrected chi connectivity index (χ3v) is 4.24. The summed E-state index contributed by atoms with van der Waals surface area (Å²) in [5, 5.41) is 0. The van der Waals surface area contributed by atoms with Crippen molar-refractivity contribution in [1.29, 1.82) is 0 Å². The van der Waals surface area contributed by atoms with Gasteiger partial charge in [-0.3, -0.25) is 4.99 Å². The lowest BCUT2D eigenvalue weighted by molar-refractivity contribution is 0.209. The quantitative estimate of drug-likeness (QED) is 0.912. The van der Waals surface area contributed by atoms with Crippen LogP contribution in [0.1, 0.15) is 25.3 Å². The SMILES string of the molecule is CC1(c2cc(Br)ccc2F)CN=C(N)N1C1CC1. The summed E-state index contributed by atoms with van der Waals surface area (Å²) >= 11 is 3.40. The van der Waals surface area contributed by atoms with Crippen LogP contribution >= 0.6 is 15.9 Å². The van der Waals surface area contributed by atoms with Gasteiger partial charge in [-0.1, -0.05) is 15.9 Å². The molecule has 1 fully saturated rings. The molecule has 0 saturated heterocycles. The first-order chi connectivity index (χ1) is 8.52. The predicted molar refractivity (Wildman–Crippen MR) is 72.8 cm³/mol. The Kier molecular flexibility index (Phi) is 2.62. The van der Waals surface area contributed by atoms with E-state index in [2.05, 4.69) is 25.8 Å². The van der Waals surface area contributed by atoms with E-state index in [0.29, 0.717) is 24.1 Å². The average molecular weight is 312 g/mol. The van der Waals surface area contributed by atoms with Gasteiger partial charge in [-0.25, -0.2) is 4.39 Å². The molecule has 0 aromatic heterocycles.